The summed E-state index contributed by atoms with van der Waals surface area (Å²) >= 11 is 0. The average Bonchev–Trinajstić information content (AvgIpc) is 2.18. The van der Waals surface area contributed by atoms with E-state index in [1.807, 2.05) is 32.3 Å². The van der Waals surface area contributed by atoms with Gasteiger partial charge in [-0.25, -0.2) is 0 Å². The van der Waals surface area contributed by atoms with Gasteiger partial charge in [-0.2, -0.15) is 0 Å². The number of likely N-dealkylation sites (N-methyl/N-ethyl adjacent to an activating group) is 1. The van der Waals surface area contributed by atoms with E-state index in [1.54, 1.807) is 0 Å². The van der Waals surface area contributed by atoms with E-state index in [1.165, 1.54) is 5.56 Å². The summed E-state index contributed by atoms with van der Waals surface area (Å²) in [6.45, 7) is 0.583. The van der Waals surface area contributed by atoms with Crippen LogP contribution in [0, 0.1) is 0 Å². The maximum Gasteiger partial charge on any atom is 0.185 e. The third-order valence-corrected chi connectivity index (χ3v) is 2.25. The topological polar surface area (TPSA) is 67.6 Å². The largest absolute Gasteiger partial charge is 0.370 e. The quantitative estimate of drug-likeness (QED) is 0.559. The maximum atomic E-state index is 5.33. The van der Waals surface area contributed by atoms with Gasteiger partial charge in [-0.3, -0.25) is 4.99 Å². The zero-order valence-electron chi connectivity index (χ0n) is 9.22. The maximum absolute atomic E-state index is 5.33. The van der Waals surface area contributed by atoms with Crippen molar-refractivity contribution in [3.8, 4) is 0 Å². The van der Waals surface area contributed by atoms with Crippen molar-refractivity contribution in [3.63, 3.8) is 0 Å². The van der Waals surface area contributed by atoms with Gasteiger partial charge in [0.25, 0.3) is 0 Å². The molecule has 0 spiro atoms. The average molecular weight is 206 g/mol. The molecule has 0 aliphatic rings. The fourth-order valence-electron chi connectivity index (χ4n) is 1.43. The normalized spacial score (nSPS) is 12.5. The van der Waals surface area contributed by atoms with Gasteiger partial charge in [-0.05, 0) is 19.7 Å². The van der Waals surface area contributed by atoms with Gasteiger partial charge in [0.1, 0.15) is 0 Å². The number of aliphatic imine (C=N–C) groups is 1. The number of benzene rings is 1. The molecule has 1 aromatic carbocycles. The van der Waals surface area contributed by atoms with Crippen molar-refractivity contribution >= 4 is 5.96 Å². The van der Waals surface area contributed by atoms with Gasteiger partial charge in [-0.15, -0.1) is 0 Å². The van der Waals surface area contributed by atoms with E-state index >= 15 is 0 Å². The van der Waals surface area contributed by atoms with E-state index in [2.05, 4.69) is 22.0 Å². The number of guanidine groups is 1. The molecule has 0 fully saturated rings. The van der Waals surface area contributed by atoms with Crippen molar-refractivity contribution in [3.05, 3.63) is 35.9 Å². The predicted octanol–water partition coefficient (Wildman–Crippen LogP) is 0.563. The minimum atomic E-state index is 0.137. The Morgan fingerprint density at radius 2 is 1.87 bits per heavy atom. The molecule has 0 saturated heterocycles. The molecule has 0 aliphatic heterocycles. The van der Waals surface area contributed by atoms with E-state index in [0.717, 1.165) is 0 Å². The first-order valence-electron chi connectivity index (χ1n) is 4.88. The fourth-order valence-corrected chi connectivity index (χ4v) is 1.43. The van der Waals surface area contributed by atoms with Crippen molar-refractivity contribution in [1.29, 1.82) is 0 Å². The second kappa shape index (κ2) is 5.36. The highest BCUT2D eigenvalue weighted by molar-refractivity contribution is 5.75. The molecule has 4 heteroatoms. The van der Waals surface area contributed by atoms with E-state index in [0.29, 0.717) is 6.54 Å². The summed E-state index contributed by atoms with van der Waals surface area (Å²) in [6.07, 6.45) is 0. The van der Waals surface area contributed by atoms with Crippen molar-refractivity contribution in [2.45, 2.75) is 6.04 Å². The summed E-state index contributed by atoms with van der Waals surface area (Å²) in [5.41, 5.74) is 11.9. The summed E-state index contributed by atoms with van der Waals surface area (Å²) in [6, 6.07) is 10.4. The molecular weight excluding hydrogens is 188 g/mol. The third-order valence-electron chi connectivity index (χ3n) is 2.25. The molecule has 0 amide bonds. The molecule has 0 saturated carbocycles. The van der Waals surface area contributed by atoms with Crippen molar-refractivity contribution in [2.24, 2.45) is 16.5 Å². The Morgan fingerprint density at radius 1 is 1.27 bits per heavy atom. The number of hydrogen-bond donors (Lipinski definition) is 2. The van der Waals surface area contributed by atoms with Crippen LogP contribution in [-0.4, -0.2) is 31.5 Å². The molecule has 1 aromatic rings. The van der Waals surface area contributed by atoms with Gasteiger partial charge < -0.3 is 16.4 Å². The Morgan fingerprint density at radius 3 is 2.33 bits per heavy atom. The summed E-state index contributed by atoms with van der Waals surface area (Å²) in [4.78, 5) is 6.15. The first-order valence-corrected chi connectivity index (χ1v) is 4.88. The molecular formula is C11H18N4. The zero-order valence-corrected chi connectivity index (χ0v) is 9.22. The summed E-state index contributed by atoms with van der Waals surface area (Å²) in [7, 11) is 4.03. The molecule has 1 rings (SSSR count). The first-order chi connectivity index (χ1) is 7.11. The number of nitrogens with two attached hydrogens (primary N) is 2. The van der Waals surface area contributed by atoms with E-state index in [-0.39, 0.29) is 12.0 Å². The SMILES string of the molecule is CN(C)C(CN=C(N)N)c1ccccc1. The van der Waals surface area contributed by atoms with Crippen LogP contribution in [-0.2, 0) is 0 Å². The minimum absolute atomic E-state index is 0.137. The highest BCUT2D eigenvalue weighted by atomic mass is 15.1. The van der Waals surface area contributed by atoms with Crippen LogP contribution >= 0.6 is 0 Å². The van der Waals surface area contributed by atoms with Gasteiger partial charge >= 0.3 is 0 Å². The van der Waals surface area contributed by atoms with Gasteiger partial charge in [-0.1, -0.05) is 30.3 Å². The molecule has 0 bridgehead atoms. The lowest BCUT2D eigenvalue weighted by Gasteiger charge is -2.22. The van der Waals surface area contributed by atoms with Crippen LogP contribution in [0.3, 0.4) is 0 Å². The molecule has 4 nitrogen and oxygen atoms in total. The van der Waals surface area contributed by atoms with Crippen molar-refractivity contribution in [2.75, 3.05) is 20.6 Å². The molecule has 0 aromatic heterocycles. The van der Waals surface area contributed by atoms with Crippen molar-refractivity contribution in [1.82, 2.24) is 4.90 Å². The minimum Gasteiger partial charge on any atom is -0.370 e. The number of nitrogens with zero attached hydrogens (tertiary/aromatic N) is 2. The lowest BCUT2D eigenvalue weighted by Crippen LogP contribution is -2.27. The summed E-state index contributed by atoms with van der Waals surface area (Å²) in [5, 5.41) is 0. The fraction of sp³-hybridized carbons (Fsp3) is 0.364. The van der Waals surface area contributed by atoms with E-state index < -0.39 is 0 Å². The van der Waals surface area contributed by atoms with Gasteiger partial charge in [0.15, 0.2) is 5.96 Å². The molecule has 0 radical (unpaired) electrons. The van der Waals surface area contributed by atoms with E-state index in [9.17, 15) is 0 Å². The Balaban J connectivity index is 2.80. The summed E-state index contributed by atoms with van der Waals surface area (Å²) < 4.78 is 0. The van der Waals surface area contributed by atoms with Crippen LogP contribution in [0.4, 0.5) is 0 Å². The Kier molecular flexibility index (Phi) is 4.12. The summed E-state index contributed by atoms with van der Waals surface area (Å²) in [5.74, 6) is 0.137. The molecule has 1 unspecified atom stereocenters. The van der Waals surface area contributed by atoms with Crippen LogP contribution in [0.1, 0.15) is 11.6 Å². The first kappa shape index (κ1) is 11.5. The second-order valence-electron chi connectivity index (χ2n) is 3.66. The van der Waals surface area contributed by atoms with Gasteiger partial charge in [0.05, 0.1) is 12.6 Å². The Labute approximate surface area is 90.6 Å². The lowest BCUT2D eigenvalue weighted by atomic mass is 10.1. The second-order valence-corrected chi connectivity index (χ2v) is 3.66. The molecule has 15 heavy (non-hydrogen) atoms. The molecule has 0 aliphatic carbocycles. The monoisotopic (exact) mass is 206 g/mol. The highest BCUT2D eigenvalue weighted by Gasteiger charge is 2.12. The van der Waals surface area contributed by atoms with Crippen LogP contribution in [0.25, 0.3) is 0 Å². The highest BCUT2D eigenvalue weighted by Crippen LogP contribution is 2.17. The van der Waals surface area contributed by atoms with Gasteiger partial charge in [0, 0.05) is 0 Å². The van der Waals surface area contributed by atoms with Crippen LogP contribution in [0.2, 0.25) is 0 Å². The van der Waals surface area contributed by atoms with E-state index in [4.69, 9.17) is 11.5 Å². The smallest absolute Gasteiger partial charge is 0.185 e. The molecule has 4 N–H and O–H groups in total. The molecule has 82 valence electrons. The van der Waals surface area contributed by atoms with Crippen LogP contribution < -0.4 is 11.5 Å². The molecule has 1 atom stereocenters. The number of hydrogen-bond acceptors (Lipinski definition) is 2. The van der Waals surface area contributed by atoms with Crippen molar-refractivity contribution < 1.29 is 0 Å². The van der Waals surface area contributed by atoms with Gasteiger partial charge in [0.2, 0.25) is 0 Å². The Bertz CT molecular complexity index is 315. The van der Waals surface area contributed by atoms with Crippen LogP contribution in [0.15, 0.2) is 35.3 Å². The zero-order chi connectivity index (χ0) is 11.3. The van der Waals surface area contributed by atoms with Crippen LogP contribution in [0.5, 0.6) is 0 Å². The lowest BCUT2D eigenvalue weighted by molar-refractivity contribution is 0.306. The number of rotatable bonds is 4. The predicted molar refractivity (Wildman–Crippen MR) is 63.5 cm³/mol. The Hall–Kier alpha value is -1.55. The standard InChI is InChI=1S/C11H18N4/c1-15(2)10(8-14-11(12)13)9-6-4-3-5-7-9/h3-7,10H,8H2,1-2H3,(H4,12,13,14). The third kappa shape index (κ3) is 3.59. The molecule has 0 heterocycles.